The Morgan fingerprint density at radius 1 is 1.55 bits per heavy atom. The number of aromatic amines is 1. The lowest BCUT2D eigenvalue weighted by Gasteiger charge is -2.13. The van der Waals surface area contributed by atoms with Gasteiger partial charge in [0.2, 0.25) is 5.95 Å². The van der Waals surface area contributed by atoms with Crippen molar-refractivity contribution in [1.82, 2.24) is 14.5 Å². The molecule has 2 rings (SSSR count). The third kappa shape index (κ3) is 3.05. The summed E-state index contributed by atoms with van der Waals surface area (Å²) in [5, 5.41) is 14.4. The third-order valence-electron chi connectivity index (χ3n) is 2.46. The molecule has 1 aromatic carbocycles. The van der Waals surface area contributed by atoms with Crippen LogP contribution in [0.3, 0.4) is 0 Å². The van der Waals surface area contributed by atoms with Crippen molar-refractivity contribution >= 4 is 28.8 Å². The Hall–Kier alpha value is -1.74. The summed E-state index contributed by atoms with van der Waals surface area (Å²) in [4.78, 5) is 10.9. The molecule has 0 aliphatic rings. The van der Waals surface area contributed by atoms with Crippen LogP contribution >= 0.6 is 11.9 Å². The summed E-state index contributed by atoms with van der Waals surface area (Å²) in [5.74, 6) is -1.86. The number of halogens is 3. The fourth-order valence-corrected chi connectivity index (χ4v) is 2.60. The van der Waals surface area contributed by atoms with Crippen LogP contribution < -0.4 is 0 Å². The van der Waals surface area contributed by atoms with E-state index in [0.717, 1.165) is 18.0 Å². The Kier molecular flexibility index (Phi) is 4.19. The molecule has 1 heterocycles. The van der Waals surface area contributed by atoms with Crippen LogP contribution in [0.1, 0.15) is 12.0 Å². The third-order valence-corrected chi connectivity index (χ3v) is 3.41. The molecule has 0 aliphatic heterocycles. The van der Waals surface area contributed by atoms with Gasteiger partial charge in [0.15, 0.2) is 0 Å². The van der Waals surface area contributed by atoms with E-state index in [9.17, 15) is 18.0 Å². The van der Waals surface area contributed by atoms with Gasteiger partial charge in [-0.1, -0.05) is 0 Å². The monoisotopic (exact) mass is 305 g/mol. The first-order valence-corrected chi connectivity index (χ1v) is 6.22. The van der Waals surface area contributed by atoms with E-state index in [-0.39, 0.29) is 27.9 Å². The van der Waals surface area contributed by atoms with Gasteiger partial charge in [-0.3, -0.25) is 9.89 Å². The molecular weight excluding hydrogens is 295 g/mol. The molecular formula is C11H10F3N3O2S. The van der Waals surface area contributed by atoms with Crippen molar-refractivity contribution in [2.24, 2.45) is 0 Å². The Morgan fingerprint density at radius 3 is 2.85 bits per heavy atom. The zero-order valence-electron chi connectivity index (χ0n) is 10.2. The van der Waals surface area contributed by atoms with Crippen molar-refractivity contribution in [2.75, 3.05) is 13.6 Å². The lowest BCUT2D eigenvalue weighted by Crippen LogP contribution is -2.18. The number of nitrogens with one attached hydrogen (secondary N) is 1. The lowest BCUT2D eigenvalue weighted by atomic mass is 10.1. The highest BCUT2D eigenvalue weighted by molar-refractivity contribution is 7.97. The van der Waals surface area contributed by atoms with Gasteiger partial charge >= 0.3 is 5.97 Å². The van der Waals surface area contributed by atoms with E-state index < -0.39 is 18.3 Å². The van der Waals surface area contributed by atoms with Crippen molar-refractivity contribution < 1.29 is 23.1 Å². The predicted molar refractivity (Wildman–Crippen MR) is 67.1 cm³/mol. The van der Waals surface area contributed by atoms with Gasteiger partial charge in [-0.05, 0) is 31.1 Å². The zero-order chi connectivity index (χ0) is 14.9. The summed E-state index contributed by atoms with van der Waals surface area (Å²) in [6.07, 6.45) is -2.75. The van der Waals surface area contributed by atoms with Gasteiger partial charge in [-0.15, -0.1) is 0 Å². The number of rotatable bonds is 5. The molecule has 0 bridgehead atoms. The Balaban J connectivity index is 2.42. The maximum atomic E-state index is 13.4. The van der Waals surface area contributed by atoms with E-state index in [1.807, 2.05) is 0 Å². The molecule has 9 heteroatoms. The maximum absolute atomic E-state index is 13.4. The summed E-state index contributed by atoms with van der Waals surface area (Å²) in [5.41, 5.74) is -0.154. The summed E-state index contributed by atoms with van der Waals surface area (Å²) in [7, 11) is 1.49. The predicted octanol–water partition coefficient (Wildman–Crippen LogP) is 2.66. The minimum Gasteiger partial charge on any atom is -0.480 e. The highest BCUT2D eigenvalue weighted by atomic mass is 32.2. The molecule has 0 fully saturated rings. The van der Waals surface area contributed by atoms with E-state index >= 15 is 0 Å². The zero-order valence-corrected chi connectivity index (χ0v) is 11.0. The molecule has 0 atom stereocenters. The number of aromatic nitrogens is 2. The van der Waals surface area contributed by atoms with Crippen LogP contribution in [0.25, 0.3) is 10.9 Å². The van der Waals surface area contributed by atoms with Gasteiger partial charge in [0, 0.05) is 5.56 Å². The molecule has 0 spiro atoms. The quantitative estimate of drug-likeness (QED) is 0.831. The van der Waals surface area contributed by atoms with Crippen molar-refractivity contribution in [3.05, 3.63) is 23.6 Å². The second kappa shape index (κ2) is 5.71. The summed E-state index contributed by atoms with van der Waals surface area (Å²) in [6.45, 7) is -0.294. The van der Waals surface area contributed by atoms with Gasteiger partial charge in [-0.25, -0.2) is 13.1 Å². The number of carboxylic acids is 1. The lowest BCUT2D eigenvalue weighted by molar-refractivity contribution is -0.136. The summed E-state index contributed by atoms with van der Waals surface area (Å²) < 4.78 is 40.4. The average Bonchev–Trinajstić information content (AvgIpc) is 2.70. The van der Waals surface area contributed by atoms with Crippen LogP contribution in [0.4, 0.5) is 13.2 Å². The first kappa shape index (κ1) is 14.7. The maximum Gasteiger partial charge on any atom is 0.318 e. The average molecular weight is 305 g/mol. The van der Waals surface area contributed by atoms with Crippen LogP contribution in [0.2, 0.25) is 0 Å². The minimum atomic E-state index is -2.75. The van der Waals surface area contributed by atoms with Gasteiger partial charge < -0.3 is 5.11 Å². The van der Waals surface area contributed by atoms with Crippen LogP contribution in [-0.2, 0) is 4.79 Å². The highest BCUT2D eigenvalue weighted by Gasteiger charge is 2.18. The van der Waals surface area contributed by atoms with Crippen molar-refractivity contribution in [3.8, 4) is 0 Å². The van der Waals surface area contributed by atoms with E-state index in [2.05, 4.69) is 10.2 Å². The number of fused-ring (bicyclic) bond motifs is 1. The molecule has 108 valence electrons. The Labute approximate surface area is 115 Å². The van der Waals surface area contributed by atoms with Crippen molar-refractivity contribution in [1.29, 1.82) is 0 Å². The van der Waals surface area contributed by atoms with E-state index in [4.69, 9.17) is 5.11 Å². The number of alkyl halides is 2. The van der Waals surface area contributed by atoms with Crippen LogP contribution in [0.5, 0.6) is 0 Å². The normalized spacial score (nSPS) is 11.7. The van der Waals surface area contributed by atoms with Crippen LogP contribution in [0, 0.1) is 5.95 Å². The number of hydrogen-bond acceptors (Lipinski definition) is 4. The fraction of sp³-hybridized carbons (Fsp3) is 0.273. The van der Waals surface area contributed by atoms with Crippen LogP contribution in [-0.4, -0.2) is 39.2 Å². The number of carbonyl (C=O) groups is 1. The van der Waals surface area contributed by atoms with Gasteiger partial charge in [0.25, 0.3) is 6.43 Å². The SMILES string of the molecule is CN(CC(=O)O)Sc1cc(C(F)F)cc2c(F)[nH]nc12. The summed E-state index contributed by atoms with van der Waals surface area (Å²) in [6, 6.07) is 2.20. The molecule has 2 N–H and O–H groups in total. The smallest absolute Gasteiger partial charge is 0.318 e. The minimum absolute atomic E-state index is 0.0472. The Morgan fingerprint density at radius 2 is 2.25 bits per heavy atom. The molecule has 5 nitrogen and oxygen atoms in total. The second-order valence-corrected chi connectivity index (χ2v) is 5.27. The Bertz CT molecular complexity index is 647. The number of H-pyrrole nitrogens is 1. The highest BCUT2D eigenvalue weighted by Crippen LogP contribution is 2.33. The largest absolute Gasteiger partial charge is 0.480 e. The first-order valence-electron chi connectivity index (χ1n) is 5.45. The summed E-state index contributed by atoms with van der Waals surface area (Å²) >= 11 is 0.916. The standard InChI is InChI=1S/C11H10F3N3O2S/c1-17(4-8(18)19)20-7-3-5(10(12)13)2-6-9(7)15-16-11(6)14/h2-3,10H,4H2,1H3,(H,15,16)(H,18,19). The van der Waals surface area contributed by atoms with Gasteiger partial charge in [-0.2, -0.15) is 9.49 Å². The van der Waals surface area contributed by atoms with E-state index in [1.165, 1.54) is 17.4 Å². The van der Waals surface area contributed by atoms with Crippen LogP contribution in [0.15, 0.2) is 17.0 Å². The van der Waals surface area contributed by atoms with Crippen molar-refractivity contribution in [2.45, 2.75) is 11.3 Å². The number of likely N-dealkylation sites (N-methyl/N-ethyl adjacent to an activating group) is 1. The van der Waals surface area contributed by atoms with E-state index in [0.29, 0.717) is 0 Å². The number of nitrogens with zero attached hydrogens (tertiary/aromatic N) is 2. The topological polar surface area (TPSA) is 69.2 Å². The molecule has 0 aliphatic carbocycles. The molecule has 0 unspecified atom stereocenters. The van der Waals surface area contributed by atoms with E-state index in [1.54, 1.807) is 0 Å². The molecule has 0 radical (unpaired) electrons. The fourth-order valence-electron chi connectivity index (χ4n) is 1.66. The van der Waals surface area contributed by atoms with Crippen molar-refractivity contribution in [3.63, 3.8) is 0 Å². The van der Waals surface area contributed by atoms with Gasteiger partial charge in [0.1, 0.15) is 12.1 Å². The first-order chi connectivity index (χ1) is 9.38. The molecule has 20 heavy (non-hydrogen) atoms. The number of aliphatic carboxylic acids is 1. The molecule has 0 saturated heterocycles. The molecule has 2 aromatic rings. The van der Waals surface area contributed by atoms with Gasteiger partial charge in [0.05, 0.1) is 10.3 Å². The number of benzene rings is 1. The number of hydrogen-bond donors (Lipinski definition) is 2. The molecule has 1 aromatic heterocycles. The number of carboxylic acid groups (broad SMARTS) is 1. The second-order valence-electron chi connectivity index (χ2n) is 4.02. The molecule has 0 amide bonds. The molecule has 0 saturated carbocycles.